The zero-order valence-corrected chi connectivity index (χ0v) is 13.1. The van der Waals surface area contributed by atoms with Crippen LogP contribution in [0.5, 0.6) is 0 Å². The molecule has 2 aliphatic carbocycles. The van der Waals surface area contributed by atoms with Crippen LogP contribution in [0.4, 0.5) is 0 Å². The summed E-state index contributed by atoms with van der Waals surface area (Å²) in [5.74, 6) is 0. The number of aryl methyl sites for hydroxylation is 1. The fourth-order valence-electron chi connectivity index (χ4n) is 3.77. The summed E-state index contributed by atoms with van der Waals surface area (Å²) in [6, 6.07) is 1.02. The Balaban J connectivity index is 1.68. The van der Waals surface area contributed by atoms with E-state index in [0.717, 1.165) is 13.0 Å². The van der Waals surface area contributed by atoms with Gasteiger partial charge in [0.2, 0.25) is 0 Å². The molecule has 3 unspecified atom stereocenters. The second-order valence-electron chi connectivity index (χ2n) is 6.84. The zero-order valence-electron chi connectivity index (χ0n) is 13.1. The lowest BCUT2D eigenvalue weighted by atomic mass is 9.64. The molecule has 112 valence electrons. The highest BCUT2D eigenvalue weighted by atomic mass is 16.5. The Hall–Kier alpha value is -0.870. The normalized spacial score (nSPS) is 31.7. The first-order valence-electron chi connectivity index (χ1n) is 7.92. The van der Waals surface area contributed by atoms with Crippen molar-refractivity contribution in [1.29, 1.82) is 0 Å². The van der Waals surface area contributed by atoms with E-state index < -0.39 is 0 Å². The number of fused-ring (bicyclic) bond motifs is 1. The van der Waals surface area contributed by atoms with Gasteiger partial charge in [0.05, 0.1) is 12.3 Å². The molecule has 1 aromatic heterocycles. The van der Waals surface area contributed by atoms with Gasteiger partial charge in [-0.1, -0.05) is 13.8 Å². The largest absolute Gasteiger partial charge is 0.378 e. The van der Waals surface area contributed by atoms with Gasteiger partial charge in [-0.25, -0.2) is 0 Å². The fourth-order valence-corrected chi connectivity index (χ4v) is 3.77. The van der Waals surface area contributed by atoms with Crippen molar-refractivity contribution < 1.29 is 4.74 Å². The molecule has 0 aliphatic heterocycles. The Morgan fingerprint density at radius 3 is 3.00 bits per heavy atom. The summed E-state index contributed by atoms with van der Waals surface area (Å²) in [6.45, 7) is 7.54. The maximum Gasteiger partial charge on any atom is 0.0655 e. The van der Waals surface area contributed by atoms with Crippen LogP contribution >= 0.6 is 0 Å². The van der Waals surface area contributed by atoms with Crippen molar-refractivity contribution in [2.75, 3.05) is 6.61 Å². The lowest BCUT2D eigenvalue weighted by Crippen LogP contribution is -2.61. The second kappa shape index (κ2) is 5.15. The molecule has 0 saturated heterocycles. The molecule has 20 heavy (non-hydrogen) atoms. The van der Waals surface area contributed by atoms with Gasteiger partial charge >= 0.3 is 0 Å². The number of hydrogen-bond donors (Lipinski definition) is 1. The van der Waals surface area contributed by atoms with Gasteiger partial charge in [-0.2, -0.15) is 5.10 Å². The fraction of sp³-hybridized carbons (Fsp3) is 0.812. The van der Waals surface area contributed by atoms with Gasteiger partial charge in [-0.15, -0.1) is 0 Å². The Morgan fingerprint density at radius 2 is 2.30 bits per heavy atom. The van der Waals surface area contributed by atoms with Crippen molar-refractivity contribution in [1.82, 2.24) is 15.1 Å². The Kier molecular flexibility index (Phi) is 3.63. The van der Waals surface area contributed by atoms with Crippen LogP contribution in [0.1, 0.15) is 57.3 Å². The molecule has 0 amide bonds. The predicted molar refractivity (Wildman–Crippen MR) is 79.6 cm³/mol. The summed E-state index contributed by atoms with van der Waals surface area (Å²) in [5, 5.41) is 8.30. The minimum atomic E-state index is 0.232. The molecule has 3 atom stereocenters. The summed E-state index contributed by atoms with van der Waals surface area (Å²) in [7, 11) is 2.06. The molecule has 0 aromatic carbocycles. The molecule has 1 heterocycles. The van der Waals surface area contributed by atoms with E-state index in [2.05, 4.69) is 44.4 Å². The second-order valence-corrected chi connectivity index (χ2v) is 6.84. The number of nitrogens with zero attached hydrogens (tertiary/aromatic N) is 2. The van der Waals surface area contributed by atoms with Crippen molar-refractivity contribution in [3.63, 3.8) is 0 Å². The maximum atomic E-state index is 5.83. The van der Waals surface area contributed by atoms with Crippen molar-refractivity contribution in [3.8, 4) is 0 Å². The van der Waals surface area contributed by atoms with E-state index in [4.69, 9.17) is 4.74 Å². The SMILES string of the molecule is CCOC1CC(NC2CCCc3c2cnn3C)C1(C)C. The number of hydrogen-bond acceptors (Lipinski definition) is 3. The molecule has 2 aliphatic rings. The summed E-state index contributed by atoms with van der Waals surface area (Å²) in [4.78, 5) is 0. The smallest absolute Gasteiger partial charge is 0.0655 e. The first kappa shape index (κ1) is 14.1. The third kappa shape index (κ3) is 2.19. The van der Waals surface area contributed by atoms with Crippen molar-refractivity contribution in [2.24, 2.45) is 12.5 Å². The minimum absolute atomic E-state index is 0.232. The quantitative estimate of drug-likeness (QED) is 0.919. The molecule has 0 spiro atoms. The van der Waals surface area contributed by atoms with Crippen LogP contribution in [-0.2, 0) is 18.2 Å². The first-order chi connectivity index (χ1) is 9.54. The number of rotatable bonds is 4. The van der Waals surface area contributed by atoms with Crippen molar-refractivity contribution >= 4 is 0 Å². The molecular weight excluding hydrogens is 250 g/mol. The van der Waals surface area contributed by atoms with E-state index in [-0.39, 0.29) is 5.41 Å². The van der Waals surface area contributed by atoms with Gasteiger partial charge in [0, 0.05) is 42.4 Å². The van der Waals surface area contributed by atoms with Gasteiger partial charge in [0.1, 0.15) is 0 Å². The van der Waals surface area contributed by atoms with Gasteiger partial charge in [-0.05, 0) is 32.6 Å². The molecule has 0 radical (unpaired) electrons. The summed E-state index contributed by atoms with van der Waals surface area (Å²) >= 11 is 0. The summed E-state index contributed by atoms with van der Waals surface area (Å²) < 4.78 is 7.87. The van der Waals surface area contributed by atoms with E-state index in [0.29, 0.717) is 18.2 Å². The highest BCUT2D eigenvalue weighted by molar-refractivity contribution is 5.25. The van der Waals surface area contributed by atoms with Crippen molar-refractivity contribution in [3.05, 3.63) is 17.5 Å². The van der Waals surface area contributed by atoms with Crippen LogP contribution in [0.3, 0.4) is 0 Å². The van der Waals surface area contributed by atoms with E-state index >= 15 is 0 Å². The lowest BCUT2D eigenvalue weighted by molar-refractivity contribution is -0.117. The highest BCUT2D eigenvalue weighted by Crippen LogP contribution is 2.44. The first-order valence-corrected chi connectivity index (χ1v) is 7.92. The molecule has 4 nitrogen and oxygen atoms in total. The molecule has 1 aromatic rings. The van der Waals surface area contributed by atoms with Crippen LogP contribution in [0.25, 0.3) is 0 Å². The Labute approximate surface area is 121 Å². The Morgan fingerprint density at radius 1 is 1.50 bits per heavy atom. The average molecular weight is 277 g/mol. The lowest BCUT2D eigenvalue weighted by Gasteiger charge is -2.53. The van der Waals surface area contributed by atoms with Gasteiger partial charge < -0.3 is 10.1 Å². The number of nitrogens with one attached hydrogen (secondary N) is 1. The maximum absolute atomic E-state index is 5.83. The van der Waals surface area contributed by atoms with Gasteiger partial charge in [0.15, 0.2) is 0 Å². The number of aromatic nitrogens is 2. The Bertz CT molecular complexity index is 480. The van der Waals surface area contributed by atoms with Crippen LogP contribution in [0.15, 0.2) is 6.20 Å². The monoisotopic (exact) mass is 277 g/mol. The van der Waals surface area contributed by atoms with Crippen LogP contribution in [0, 0.1) is 5.41 Å². The third-order valence-electron chi connectivity index (χ3n) is 5.32. The van der Waals surface area contributed by atoms with E-state index in [1.165, 1.54) is 30.5 Å². The third-order valence-corrected chi connectivity index (χ3v) is 5.32. The van der Waals surface area contributed by atoms with E-state index in [9.17, 15) is 0 Å². The average Bonchev–Trinajstić information content (AvgIpc) is 2.80. The van der Waals surface area contributed by atoms with Crippen LogP contribution in [-0.4, -0.2) is 28.5 Å². The molecule has 4 heteroatoms. The predicted octanol–water partition coefficient (Wildman–Crippen LogP) is 2.59. The summed E-state index contributed by atoms with van der Waals surface area (Å²) in [6.07, 6.45) is 7.24. The molecule has 0 bridgehead atoms. The highest BCUT2D eigenvalue weighted by Gasteiger charge is 2.49. The molecule has 3 rings (SSSR count). The van der Waals surface area contributed by atoms with Crippen LogP contribution in [0.2, 0.25) is 0 Å². The van der Waals surface area contributed by atoms with Gasteiger partial charge in [0.25, 0.3) is 0 Å². The molecular formula is C16H27N3O. The number of ether oxygens (including phenoxy) is 1. The molecule has 1 N–H and O–H groups in total. The van der Waals surface area contributed by atoms with E-state index in [1.807, 2.05) is 4.68 Å². The van der Waals surface area contributed by atoms with Crippen LogP contribution < -0.4 is 5.32 Å². The standard InChI is InChI=1S/C16H27N3O/c1-5-20-15-9-14(16(15,2)3)18-12-7-6-8-13-11(12)10-17-19(13)4/h10,12,14-15,18H,5-9H2,1-4H3. The minimum Gasteiger partial charge on any atom is -0.378 e. The van der Waals surface area contributed by atoms with Crippen molar-refractivity contribution in [2.45, 2.75) is 64.6 Å². The topological polar surface area (TPSA) is 39.1 Å². The zero-order chi connectivity index (χ0) is 14.3. The van der Waals surface area contributed by atoms with Gasteiger partial charge in [-0.3, -0.25) is 4.68 Å². The molecule has 1 saturated carbocycles. The summed E-state index contributed by atoms with van der Waals surface area (Å²) in [5.41, 5.74) is 3.05. The molecule has 1 fully saturated rings. The van der Waals surface area contributed by atoms with E-state index in [1.54, 1.807) is 0 Å².